The van der Waals surface area contributed by atoms with Crippen LogP contribution in [0.1, 0.15) is 46.4 Å². The fourth-order valence-corrected chi connectivity index (χ4v) is 4.72. The molecule has 35 heavy (non-hydrogen) atoms. The van der Waals surface area contributed by atoms with Crippen molar-refractivity contribution in [3.63, 3.8) is 0 Å². The van der Waals surface area contributed by atoms with Gasteiger partial charge in [0.2, 0.25) is 0 Å². The van der Waals surface area contributed by atoms with Gasteiger partial charge in [0.15, 0.2) is 5.65 Å². The Morgan fingerprint density at radius 3 is 2.29 bits per heavy atom. The normalized spacial score (nSPS) is 13.8. The second kappa shape index (κ2) is 9.33. The second-order valence-corrected chi connectivity index (χ2v) is 9.19. The van der Waals surface area contributed by atoms with Gasteiger partial charge < -0.3 is 4.90 Å². The van der Waals surface area contributed by atoms with Crippen LogP contribution in [0.25, 0.3) is 16.7 Å². The maximum Gasteiger partial charge on any atom is 0.337 e. The van der Waals surface area contributed by atoms with E-state index in [-0.39, 0.29) is 23.5 Å². The minimum atomic E-state index is -0.495. The molecule has 7 nitrogen and oxygen atoms in total. The Labute approximate surface area is 203 Å². The minimum Gasteiger partial charge on any atom is -0.339 e. The van der Waals surface area contributed by atoms with Crippen LogP contribution in [0.5, 0.6) is 0 Å². The van der Waals surface area contributed by atoms with Gasteiger partial charge in [-0.25, -0.2) is 14.3 Å². The predicted octanol–water partition coefficient (Wildman–Crippen LogP) is 3.84. The number of fused-ring (bicyclic) bond motifs is 1. The van der Waals surface area contributed by atoms with E-state index in [2.05, 4.69) is 4.98 Å². The molecule has 0 radical (unpaired) electrons. The highest BCUT2D eigenvalue weighted by Gasteiger charge is 2.26. The molecule has 1 fully saturated rings. The lowest BCUT2D eigenvalue weighted by Gasteiger charge is -2.27. The number of carbonyl (C=O) groups is 1. The molecule has 0 bridgehead atoms. The third-order valence-corrected chi connectivity index (χ3v) is 6.57. The van der Waals surface area contributed by atoms with Crippen molar-refractivity contribution in [2.45, 2.75) is 39.7 Å². The summed E-state index contributed by atoms with van der Waals surface area (Å²) in [6.07, 6.45) is 2.98. The standard InChI is InChI=1S/C28H28N4O3/c1-19-11-13-21(14-12-19)18-31-27(34)24-23(26(33)30-15-7-4-8-16-30)17-20(2)29-25(24)32(28(31)35)22-9-5-3-6-10-22/h3,5-6,9-14,17H,4,7-8,15-16,18H2,1-2H3. The van der Waals surface area contributed by atoms with Crippen LogP contribution in [0.2, 0.25) is 0 Å². The number of amides is 1. The lowest BCUT2D eigenvalue weighted by atomic mass is 10.1. The molecule has 1 aliphatic heterocycles. The van der Waals surface area contributed by atoms with Crippen LogP contribution in [0, 0.1) is 13.8 Å². The first-order chi connectivity index (χ1) is 16.9. The van der Waals surface area contributed by atoms with E-state index in [9.17, 15) is 14.4 Å². The fraction of sp³-hybridized carbons (Fsp3) is 0.286. The highest BCUT2D eigenvalue weighted by atomic mass is 16.2. The first-order valence-electron chi connectivity index (χ1n) is 12.0. The highest BCUT2D eigenvalue weighted by Crippen LogP contribution is 2.21. The molecule has 7 heteroatoms. The van der Waals surface area contributed by atoms with Crippen LogP contribution in [0.15, 0.2) is 70.3 Å². The summed E-state index contributed by atoms with van der Waals surface area (Å²) in [5.41, 5.74) is 2.64. The number of aromatic nitrogens is 3. The molecule has 0 aliphatic carbocycles. The molecule has 0 atom stereocenters. The summed E-state index contributed by atoms with van der Waals surface area (Å²) < 4.78 is 2.66. The number of para-hydroxylation sites is 1. The average molecular weight is 469 g/mol. The Morgan fingerprint density at radius 1 is 0.914 bits per heavy atom. The van der Waals surface area contributed by atoms with E-state index in [1.54, 1.807) is 30.0 Å². The van der Waals surface area contributed by atoms with E-state index in [1.807, 2.05) is 49.4 Å². The number of piperidine rings is 1. The van der Waals surface area contributed by atoms with E-state index >= 15 is 0 Å². The molecule has 3 heterocycles. The number of likely N-dealkylation sites (tertiary alicyclic amines) is 1. The first-order valence-corrected chi connectivity index (χ1v) is 12.0. The molecule has 0 N–H and O–H groups in total. The topological polar surface area (TPSA) is 77.2 Å². The third kappa shape index (κ3) is 4.30. The molecular weight excluding hydrogens is 440 g/mol. The van der Waals surface area contributed by atoms with Gasteiger partial charge in [-0.05, 0) is 56.9 Å². The van der Waals surface area contributed by atoms with Crippen LogP contribution in [-0.4, -0.2) is 38.0 Å². The maximum absolute atomic E-state index is 13.9. The minimum absolute atomic E-state index is 0.103. The molecule has 0 unspecified atom stereocenters. The summed E-state index contributed by atoms with van der Waals surface area (Å²) in [6.45, 7) is 5.20. The quantitative estimate of drug-likeness (QED) is 0.456. The monoisotopic (exact) mass is 468 g/mol. The molecule has 1 aliphatic rings. The number of carbonyl (C=O) groups excluding carboxylic acids is 1. The Morgan fingerprint density at radius 2 is 1.60 bits per heavy atom. The number of aryl methyl sites for hydroxylation is 2. The molecule has 4 aromatic rings. The van der Waals surface area contributed by atoms with Gasteiger partial charge in [0.1, 0.15) is 0 Å². The zero-order valence-corrected chi connectivity index (χ0v) is 20.0. The van der Waals surface area contributed by atoms with E-state index in [0.717, 1.165) is 30.4 Å². The molecule has 1 amide bonds. The van der Waals surface area contributed by atoms with Gasteiger partial charge in [0.05, 0.1) is 23.2 Å². The SMILES string of the molecule is Cc1ccc(Cn2c(=O)c3c(C(=O)N4CCCCC4)cc(C)nc3n(-c3ccccc3)c2=O)cc1. The summed E-state index contributed by atoms with van der Waals surface area (Å²) >= 11 is 0. The molecule has 5 rings (SSSR count). The van der Waals surface area contributed by atoms with E-state index in [1.165, 1.54) is 9.13 Å². The van der Waals surface area contributed by atoms with Gasteiger partial charge in [-0.1, -0.05) is 48.0 Å². The lowest BCUT2D eigenvalue weighted by molar-refractivity contribution is 0.0726. The Bertz CT molecular complexity index is 1510. The van der Waals surface area contributed by atoms with E-state index in [4.69, 9.17) is 0 Å². The predicted molar refractivity (Wildman–Crippen MR) is 136 cm³/mol. The van der Waals surface area contributed by atoms with Gasteiger partial charge in [-0.15, -0.1) is 0 Å². The van der Waals surface area contributed by atoms with Crippen LogP contribution in [0.3, 0.4) is 0 Å². The van der Waals surface area contributed by atoms with Crippen LogP contribution in [-0.2, 0) is 6.54 Å². The molecule has 2 aromatic heterocycles. The summed E-state index contributed by atoms with van der Waals surface area (Å²) in [6, 6.07) is 18.5. The van der Waals surface area contributed by atoms with E-state index < -0.39 is 11.2 Å². The van der Waals surface area contributed by atoms with Crippen molar-refractivity contribution in [2.24, 2.45) is 0 Å². The number of pyridine rings is 1. The van der Waals surface area contributed by atoms with Crippen molar-refractivity contribution in [1.29, 1.82) is 0 Å². The van der Waals surface area contributed by atoms with Crippen molar-refractivity contribution >= 4 is 16.9 Å². The summed E-state index contributed by atoms with van der Waals surface area (Å²) in [5, 5.41) is 0.182. The van der Waals surface area contributed by atoms with Crippen LogP contribution < -0.4 is 11.2 Å². The summed E-state index contributed by atoms with van der Waals surface area (Å²) in [5.74, 6) is -0.183. The Balaban J connectivity index is 1.81. The first kappa shape index (κ1) is 22.8. The molecule has 178 valence electrons. The van der Waals surface area contributed by atoms with Gasteiger partial charge in [-0.3, -0.25) is 14.2 Å². The number of nitrogens with zero attached hydrogens (tertiary/aromatic N) is 4. The van der Waals surface area contributed by atoms with Crippen molar-refractivity contribution in [1.82, 2.24) is 19.0 Å². The zero-order valence-electron chi connectivity index (χ0n) is 20.0. The molecule has 0 saturated carbocycles. The number of rotatable bonds is 4. The van der Waals surface area contributed by atoms with Crippen molar-refractivity contribution in [3.05, 3.63) is 104 Å². The van der Waals surface area contributed by atoms with Gasteiger partial charge in [-0.2, -0.15) is 0 Å². The van der Waals surface area contributed by atoms with Crippen molar-refractivity contribution in [2.75, 3.05) is 13.1 Å². The average Bonchev–Trinajstić information content (AvgIpc) is 2.88. The lowest BCUT2D eigenvalue weighted by Crippen LogP contribution is -2.42. The number of hydrogen-bond donors (Lipinski definition) is 0. The van der Waals surface area contributed by atoms with Crippen LogP contribution >= 0.6 is 0 Å². The van der Waals surface area contributed by atoms with Crippen LogP contribution in [0.4, 0.5) is 0 Å². The molecule has 0 spiro atoms. The Kier molecular flexibility index (Phi) is 6.07. The largest absolute Gasteiger partial charge is 0.339 e. The maximum atomic E-state index is 13.9. The third-order valence-electron chi connectivity index (χ3n) is 6.57. The molecule has 2 aromatic carbocycles. The van der Waals surface area contributed by atoms with Crippen molar-refractivity contribution in [3.8, 4) is 5.69 Å². The summed E-state index contributed by atoms with van der Waals surface area (Å²) in [4.78, 5) is 47.6. The smallest absolute Gasteiger partial charge is 0.337 e. The second-order valence-electron chi connectivity index (χ2n) is 9.19. The Hall–Kier alpha value is -4.00. The highest BCUT2D eigenvalue weighted by molar-refractivity contribution is 6.05. The van der Waals surface area contributed by atoms with E-state index in [0.29, 0.717) is 30.0 Å². The zero-order chi connectivity index (χ0) is 24.5. The fourth-order valence-electron chi connectivity index (χ4n) is 4.72. The number of hydrogen-bond acceptors (Lipinski definition) is 4. The van der Waals surface area contributed by atoms with Gasteiger partial charge >= 0.3 is 5.69 Å². The molecule has 1 saturated heterocycles. The number of benzene rings is 2. The van der Waals surface area contributed by atoms with Crippen molar-refractivity contribution < 1.29 is 4.79 Å². The molecular formula is C28H28N4O3. The van der Waals surface area contributed by atoms with Gasteiger partial charge in [0, 0.05) is 18.8 Å². The summed E-state index contributed by atoms with van der Waals surface area (Å²) in [7, 11) is 0. The van der Waals surface area contributed by atoms with Gasteiger partial charge in [0.25, 0.3) is 11.5 Å².